The molecule has 0 radical (unpaired) electrons. The quantitative estimate of drug-likeness (QED) is 0.427. The van der Waals surface area contributed by atoms with Gasteiger partial charge in [-0.05, 0) is 43.2 Å². The lowest BCUT2D eigenvalue weighted by atomic mass is 10.1. The second kappa shape index (κ2) is 9.64. The van der Waals surface area contributed by atoms with Gasteiger partial charge in [0.05, 0.1) is 15.4 Å². The Kier molecular flexibility index (Phi) is 6.96. The third-order valence-corrected chi connectivity index (χ3v) is 6.75. The minimum Gasteiger partial charge on any atom is -0.322 e. The summed E-state index contributed by atoms with van der Waals surface area (Å²) in [5.41, 5.74) is 0.533. The molecule has 9 heteroatoms. The summed E-state index contributed by atoms with van der Waals surface area (Å²) in [5, 5.41) is 13.7. The van der Waals surface area contributed by atoms with Crippen molar-refractivity contribution in [3.05, 3.63) is 70.3 Å². The van der Waals surface area contributed by atoms with Crippen molar-refractivity contribution in [3.8, 4) is 0 Å². The number of hydrogen-bond donors (Lipinski definition) is 1. The van der Waals surface area contributed by atoms with Gasteiger partial charge in [-0.2, -0.15) is 4.31 Å². The molecule has 3 rings (SSSR count). The molecule has 0 bridgehead atoms. The van der Waals surface area contributed by atoms with Gasteiger partial charge in [0.25, 0.3) is 5.69 Å². The van der Waals surface area contributed by atoms with Crippen molar-refractivity contribution in [2.45, 2.75) is 30.6 Å². The molecule has 1 saturated heterocycles. The van der Waals surface area contributed by atoms with Crippen LogP contribution in [0.3, 0.4) is 0 Å². The van der Waals surface area contributed by atoms with Crippen LogP contribution < -0.4 is 5.32 Å². The number of hydrogen-bond acceptors (Lipinski definition) is 5. The maximum Gasteiger partial charge on any atom is 0.276 e. The molecular weight excluding hydrogens is 406 g/mol. The first-order chi connectivity index (χ1) is 14.4. The van der Waals surface area contributed by atoms with Gasteiger partial charge >= 0.3 is 0 Å². The van der Waals surface area contributed by atoms with Crippen LogP contribution in [0.1, 0.15) is 31.2 Å². The number of nitro groups is 1. The molecule has 1 heterocycles. The number of nitrogens with one attached hydrogen (secondary N) is 1. The van der Waals surface area contributed by atoms with Gasteiger partial charge in [-0.1, -0.05) is 31.0 Å². The number of nitro benzene ring substituents is 1. The number of rotatable bonds is 6. The van der Waals surface area contributed by atoms with E-state index in [2.05, 4.69) is 5.32 Å². The molecule has 0 unspecified atom stereocenters. The van der Waals surface area contributed by atoms with Gasteiger partial charge in [-0.3, -0.25) is 14.9 Å². The first kappa shape index (κ1) is 21.7. The molecule has 0 aliphatic carbocycles. The van der Waals surface area contributed by atoms with E-state index in [1.165, 1.54) is 40.7 Å². The molecule has 1 aliphatic heterocycles. The van der Waals surface area contributed by atoms with Gasteiger partial charge in [-0.15, -0.1) is 0 Å². The van der Waals surface area contributed by atoms with Crippen molar-refractivity contribution in [3.63, 3.8) is 0 Å². The predicted octanol–water partition coefficient (Wildman–Crippen LogP) is 3.81. The van der Waals surface area contributed by atoms with Gasteiger partial charge in [0.2, 0.25) is 15.9 Å². The van der Waals surface area contributed by atoms with Gasteiger partial charge < -0.3 is 5.32 Å². The number of carbonyl (C=O) groups is 1. The molecule has 2 aromatic rings. The Bertz CT molecular complexity index is 1060. The molecule has 1 aliphatic rings. The standard InChI is InChI=1S/C21H23N3O5S/c25-21(13-12-17-8-3-4-11-20(17)24(26)27)22-18-9-7-10-19(16-18)30(28,29)23-14-5-1-2-6-15-23/h3-4,7-13,16H,1-2,5-6,14-15H2,(H,22,25)/b13-12+. The van der Waals surface area contributed by atoms with Crippen molar-refractivity contribution in [2.75, 3.05) is 18.4 Å². The Balaban J connectivity index is 1.73. The van der Waals surface area contributed by atoms with Crippen LogP contribution in [0.2, 0.25) is 0 Å². The Morgan fingerprint density at radius 3 is 2.43 bits per heavy atom. The largest absolute Gasteiger partial charge is 0.322 e. The fourth-order valence-corrected chi connectivity index (χ4v) is 4.87. The molecule has 1 amide bonds. The molecular formula is C21H23N3O5S. The first-order valence-electron chi connectivity index (χ1n) is 9.70. The minimum atomic E-state index is -3.63. The van der Waals surface area contributed by atoms with Crippen LogP contribution in [0.25, 0.3) is 6.08 Å². The van der Waals surface area contributed by atoms with Gasteiger partial charge in [-0.25, -0.2) is 8.42 Å². The van der Waals surface area contributed by atoms with Crippen molar-refractivity contribution in [1.82, 2.24) is 4.31 Å². The Morgan fingerprint density at radius 1 is 1.03 bits per heavy atom. The van der Waals surface area contributed by atoms with Crippen molar-refractivity contribution in [1.29, 1.82) is 0 Å². The van der Waals surface area contributed by atoms with E-state index >= 15 is 0 Å². The van der Waals surface area contributed by atoms with E-state index in [1.807, 2.05) is 0 Å². The average Bonchev–Trinajstić information content (AvgIpc) is 3.03. The number of sulfonamides is 1. The topological polar surface area (TPSA) is 110 Å². The van der Waals surface area contributed by atoms with E-state index in [-0.39, 0.29) is 10.6 Å². The van der Waals surface area contributed by atoms with Crippen LogP contribution in [0.15, 0.2) is 59.5 Å². The molecule has 30 heavy (non-hydrogen) atoms. The molecule has 0 atom stereocenters. The number of para-hydroxylation sites is 1. The third kappa shape index (κ3) is 5.31. The number of amides is 1. The van der Waals surface area contributed by atoms with Crippen molar-refractivity contribution >= 4 is 33.4 Å². The highest BCUT2D eigenvalue weighted by molar-refractivity contribution is 7.89. The zero-order valence-corrected chi connectivity index (χ0v) is 17.2. The van der Waals surface area contributed by atoms with E-state index < -0.39 is 20.9 Å². The van der Waals surface area contributed by atoms with Crippen LogP contribution in [-0.4, -0.2) is 36.6 Å². The Hall–Kier alpha value is -3.04. The fraction of sp³-hybridized carbons (Fsp3) is 0.286. The SMILES string of the molecule is O=C(/C=C/c1ccccc1[N+](=O)[O-])Nc1cccc(S(=O)(=O)N2CCCCCC2)c1. The number of anilines is 1. The van der Waals surface area contributed by atoms with Crippen LogP contribution in [0.4, 0.5) is 11.4 Å². The molecule has 0 saturated carbocycles. The summed E-state index contributed by atoms with van der Waals surface area (Å²) in [4.78, 5) is 22.9. The maximum absolute atomic E-state index is 12.9. The number of benzene rings is 2. The zero-order chi connectivity index (χ0) is 21.6. The summed E-state index contributed by atoms with van der Waals surface area (Å²) in [5.74, 6) is -0.516. The number of nitrogens with zero attached hydrogens (tertiary/aromatic N) is 2. The lowest BCUT2D eigenvalue weighted by Crippen LogP contribution is -2.32. The third-order valence-electron chi connectivity index (χ3n) is 4.85. The fourth-order valence-electron chi connectivity index (χ4n) is 3.31. The smallest absolute Gasteiger partial charge is 0.276 e. The normalized spacial score (nSPS) is 15.6. The summed E-state index contributed by atoms with van der Waals surface area (Å²) in [6.07, 6.45) is 6.25. The Labute approximate surface area is 175 Å². The summed E-state index contributed by atoms with van der Waals surface area (Å²) in [6, 6.07) is 12.2. The molecule has 1 fully saturated rings. The molecule has 0 aromatic heterocycles. The summed E-state index contributed by atoms with van der Waals surface area (Å²) >= 11 is 0. The van der Waals surface area contributed by atoms with Crippen molar-refractivity contribution in [2.24, 2.45) is 0 Å². The van der Waals surface area contributed by atoms with E-state index in [1.54, 1.807) is 24.3 Å². The molecule has 8 nitrogen and oxygen atoms in total. The predicted molar refractivity (Wildman–Crippen MR) is 114 cm³/mol. The van der Waals surface area contributed by atoms with Gasteiger partial charge in [0.1, 0.15) is 0 Å². The summed E-state index contributed by atoms with van der Waals surface area (Å²) in [6.45, 7) is 0.995. The summed E-state index contributed by atoms with van der Waals surface area (Å²) < 4.78 is 27.3. The first-order valence-corrected chi connectivity index (χ1v) is 11.1. The molecule has 1 N–H and O–H groups in total. The van der Waals surface area contributed by atoms with Gasteiger partial charge in [0.15, 0.2) is 0 Å². The van der Waals surface area contributed by atoms with E-state index in [0.717, 1.165) is 25.7 Å². The number of carbonyl (C=O) groups excluding carboxylic acids is 1. The van der Waals surface area contributed by atoms with Crippen LogP contribution in [0, 0.1) is 10.1 Å². The maximum atomic E-state index is 12.9. The van der Waals surface area contributed by atoms with E-state index in [0.29, 0.717) is 24.3 Å². The van der Waals surface area contributed by atoms with E-state index in [4.69, 9.17) is 0 Å². The lowest BCUT2D eigenvalue weighted by Gasteiger charge is -2.20. The lowest BCUT2D eigenvalue weighted by molar-refractivity contribution is -0.385. The van der Waals surface area contributed by atoms with Crippen molar-refractivity contribution < 1.29 is 18.1 Å². The minimum absolute atomic E-state index is 0.105. The van der Waals surface area contributed by atoms with Crippen LogP contribution >= 0.6 is 0 Å². The molecule has 2 aromatic carbocycles. The molecule has 0 spiro atoms. The molecule has 158 valence electrons. The highest BCUT2D eigenvalue weighted by Crippen LogP contribution is 2.23. The second-order valence-electron chi connectivity index (χ2n) is 6.98. The van der Waals surface area contributed by atoms with Gasteiger partial charge in [0, 0.05) is 30.9 Å². The highest BCUT2D eigenvalue weighted by Gasteiger charge is 2.25. The Morgan fingerprint density at radius 2 is 1.73 bits per heavy atom. The van der Waals surface area contributed by atoms with Crippen LogP contribution in [-0.2, 0) is 14.8 Å². The monoisotopic (exact) mass is 429 g/mol. The van der Waals surface area contributed by atoms with Crippen LogP contribution in [0.5, 0.6) is 0 Å². The average molecular weight is 429 g/mol. The highest BCUT2D eigenvalue weighted by atomic mass is 32.2. The second-order valence-corrected chi connectivity index (χ2v) is 8.92. The van der Waals surface area contributed by atoms with E-state index in [9.17, 15) is 23.3 Å². The summed E-state index contributed by atoms with van der Waals surface area (Å²) in [7, 11) is -3.63. The zero-order valence-electron chi connectivity index (χ0n) is 16.4.